The molecule has 1 fully saturated rings. The highest BCUT2D eigenvalue weighted by Crippen LogP contribution is 2.39. The quantitative estimate of drug-likeness (QED) is 0.320. The third kappa shape index (κ3) is 5.85. The number of fused-ring (bicyclic) bond motifs is 2. The van der Waals surface area contributed by atoms with E-state index in [1.54, 1.807) is 19.1 Å². The summed E-state index contributed by atoms with van der Waals surface area (Å²) >= 11 is 0. The van der Waals surface area contributed by atoms with Crippen molar-refractivity contribution in [1.82, 2.24) is 24.5 Å². The van der Waals surface area contributed by atoms with E-state index in [1.165, 1.54) is 27.6 Å². The SMILES string of the molecule is C[C@@H](O)COc1cccc2ccc(-c3nnc4ccc([C@@H](N5CC[C@H](N)C5)C(F)(F)F)cn34)nc12.O=CO. The third-order valence-electron chi connectivity index (χ3n) is 6.06. The molecule has 1 aliphatic rings. The van der Waals surface area contributed by atoms with Crippen molar-refractivity contribution in [3.05, 3.63) is 54.2 Å². The van der Waals surface area contributed by atoms with Gasteiger partial charge in [0.15, 0.2) is 11.5 Å². The molecule has 3 atom stereocenters. The zero-order chi connectivity index (χ0) is 27.4. The number of aromatic nitrogens is 4. The molecule has 0 aliphatic carbocycles. The predicted molar refractivity (Wildman–Crippen MR) is 133 cm³/mol. The summed E-state index contributed by atoms with van der Waals surface area (Å²) < 4.78 is 49.6. The van der Waals surface area contributed by atoms with E-state index >= 15 is 0 Å². The van der Waals surface area contributed by atoms with Gasteiger partial charge in [-0.15, -0.1) is 10.2 Å². The van der Waals surface area contributed by atoms with Gasteiger partial charge in [-0.3, -0.25) is 14.1 Å². The van der Waals surface area contributed by atoms with Crippen LogP contribution in [0.15, 0.2) is 48.7 Å². The smallest absolute Gasteiger partial charge is 0.408 e. The van der Waals surface area contributed by atoms with Gasteiger partial charge < -0.3 is 20.7 Å². The average Bonchev–Trinajstić information content (AvgIpc) is 3.48. The van der Waals surface area contributed by atoms with Gasteiger partial charge in [0, 0.05) is 30.7 Å². The second-order valence-electron chi connectivity index (χ2n) is 8.99. The van der Waals surface area contributed by atoms with Crippen molar-refractivity contribution >= 4 is 23.0 Å². The number of benzene rings is 1. The average molecular weight is 533 g/mol. The van der Waals surface area contributed by atoms with Crippen molar-refractivity contribution in [1.29, 1.82) is 0 Å². The van der Waals surface area contributed by atoms with Crippen LogP contribution < -0.4 is 10.5 Å². The van der Waals surface area contributed by atoms with Gasteiger partial charge in [-0.25, -0.2) is 4.98 Å². The fourth-order valence-electron chi connectivity index (χ4n) is 4.47. The lowest BCUT2D eigenvalue weighted by Gasteiger charge is -2.30. The first kappa shape index (κ1) is 27.2. The van der Waals surface area contributed by atoms with E-state index in [-0.39, 0.29) is 37.8 Å². The molecule has 1 aromatic carbocycles. The predicted octanol–water partition coefficient (Wildman–Crippen LogP) is 3.04. The molecule has 5 rings (SSSR count). The molecule has 0 spiro atoms. The van der Waals surface area contributed by atoms with Gasteiger partial charge in [0.2, 0.25) is 0 Å². The molecule has 38 heavy (non-hydrogen) atoms. The van der Waals surface area contributed by atoms with E-state index in [4.69, 9.17) is 20.4 Å². The zero-order valence-corrected chi connectivity index (χ0v) is 20.4. The van der Waals surface area contributed by atoms with Gasteiger partial charge in [-0.05, 0) is 37.1 Å². The van der Waals surface area contributed by atoms with Crippen LogP contribution in [0.4, 0.5) is 13.2 Å². The maximum atomic E-state index is 14.1. The fourth-order valence-corrected chi connectivity index (χ4v) is 4.47. The lowest BCUT2D eigenvalue weighted by molar-refractivity contribution is -0.183. The third-order valence-corrected chi connectivity index (χ3v) is 6.06. The summed E-state index contributed by atoms with van der Waals surface area (Å²) in [5.74, 6) is 0.801. The largest absolute Gasteiger partial charge is 0.489 e. The van der Waals surface area contributed by atoms with Crippen molar-refractivity contribution in [3.8, 4) is 17.3 Å². The Bertz CT molecular complexity index is 1410. The minimum absolute atomic E-state index is 0.0851. The number of carbonyl (C=O) groups is 1. The maximum absolute atomic E-state index is 14.1. The van der Waals surface area contributed by atoms with Crippen molar-refractivity contribution in [2.45, 2.75) is 37.7 Å². The first-order chi connectivity index (χ1) is 18.1. The molecule has 1 aliphatic heterocycles. The van der Waals surface area contributed by atoms with E-state index < -0.39 is 18.3 Å². The summed E-state index contributed by atoms with van der Waals surface area (Å²) in [5, 5.41) is 25.6. The van der Waals surface area contributed by atoms with Crippen LogP contribution >= 0.6 is 0 Å². The van der Waals surface area contributed by atoms with E-state index in [0.29, 0.717) is 34.9 Å². The van der Waals surface area contributed by atoms with E-state index in [0.717, 1.165) is 5.39 Å². The van der Waals surface area contributed by atoms with Crippen molar-refractivity contribution in [2.75, 3.05) is 19.7 Å². The first-order valence-corrected chi connectivity index (χ1v) is 11.8. The highest BCUT2D eigenvalue weighted by molar-refractivity contribution is 5.86. The molecule has 10 nitrogen and oxygen atoms in total. The number of aliphatic hydroxyl groups excluding tert-OH is 1. The Hall–Kier alpha value is -3.81. The molecular formula is C25H27F3N6O4. The van der Waals surface area contributed by atoms with Gasteiger partial charge in [0.25, 0.3) is 6.47 Å². The number of likely N-dealkylation sites (tertiary alicyclic amines) is 1. The number of halogens is 3. The minimum atomic E-state index is -4.47. The summed E-state index contributed by atoms with van der Waals surface area (Å²) in [6.07, 6.45) is -3.18. The van der Waals surface area contributed by atoms with Gasteiger partial charge in [-0.2, -0.15) is 13.2 Å². The Morgan fingerprint density at radius 2 is 1.97 bits per heavy atom. The highest BCUT2D eigenvalue weighted by atomic mass is 19.4. The van der Waals surface area contributed by atoms with Crippen LogP contribution in [0.3, 0.4) is 0 Å². The molecule has 202 valence electrons. The van der Waals surface area contributed by atoms with Crippen LogP contribution in [0.25, 0.3) is 28.1 Å². The van der Waals surface area contributed by atoms with Crippen LogP contribution in [0, 0.1) is 0 Å². The number of pyridine rings is 2. The molecule has 4 heterocycles. The molecule has 13 heteroatoms. The number of rotatable bonds is 6. The molecular weight excluding hydrogens is 505 g/mol. The normalized spacial score (nSPS) is 17.7. The fraction of sp³-hybridized carbons (Fsp3) is 0.360. The first-order valence-electron chi connectivity index (χ1n) is 11.8. The number of hydrogen-bond donors (Lipinski definition) is 3. The Morgan fingerprint density at radius 3 is 2.63 bits per heavy atom. The topological polar surface area (TPSA) is 139 Å². The molecule has 4 aromatic rings. The lowest BCUT2D eigenvalue weighted by Crippen LogP contribution is -2.38. The Labute approximate surface area is 215 Å². The van der Waals surface area contributed by atoms with Crippen LogP contribution in [0.5, 0.6) is 5.75 Å². The van der Waals surface area contributed by atoms with Crippen LogP contribution in [0.1, 0.15) is 24.9 Å². The van der Waals surface area contributed by atoms with E-state index in [9.17, 15) is 18.3 Å². The van der Waals surface area contributed by atoms with Gasteiger partial charge in [0.05, 0.1) is 6.10 Å². The second kappa shape index (κ2) is 11.3. The molecule has 0 saturated carbocycles. The van der Waals surface area contributed by atoms with Crippen LogP contribution in [0.2, 0.25) is 0 Å². The highest BCUT2D eigenvalue weighted by Gasteiger charge is 2.46. The Balaban J connectivity index is 0.00000107. The van der Waals surface area contributed by atoms with Crippen LogP contribution in [-0.4, -0.2) is 79.2 Å². The lowest BCUT2D eigenvalue weighted by atomic mass is 10.1. The number of nitrogens with zero attached hydrogens (tertiary/aromatic N) is 5. The summed E-state index contributed by atoms with van der Waals surface area (Å²) in [4.78, 5) is 14.4. The van der Waals surface area contributed by atoms with E-state index in [1.807, 2.05) is 18.2 Å². The summed E-state index contributed by atoms with van der Waals surface area (Å²) in [7, 11) is 0. The maximum Gasteiger partial charge on any atom is 0.408 e. The number of nitrogens with two attached hydrogens (primary N) is 1. The molecule has 0 bridgehead atoms. The van der Waals surface area contributed by atoms with E-state index in [2.05, 4.69) is 15.2 Å². The van der Waals surface area contributed by atoms with Crippen molar-refractivity contribution in [3.63, 3.8) is 0 Å². The molecule has 3 aromatic heterocycles. The molecule has 0 amide bonds. The second-order valence-corrected chi connectivity index (χ2v) is 8.99. The zero-order valence-electron chi connectivity index (χ0n) is 20.4. The summed E-state index contributed by atoms with van der Waals surface area (Å²) in [6, 6.07) is 9.92. The molecule has 4 N–H and O–H groups in total. The number of hydrogen-bond acceptors (Lipinski definition) is 8. The number of para-hydroxylation sites is 1. The summed E-state index contributed by atoms with van der Waals surface area (Å²) in [5.41, 5.74) is 7.36. The molecule has 0 radical (unpaired) electrons. The number of aliphatic hydroxyl groups is 1. The molecule has 0 unspecified atom stereocenters. The van der Waals surface area contributed by atoms with Crippen LogP contribution in [-0.2, 0) is 4.79 Å². The van der Waals surface area contributed by atoms with Crippen molar-refractivity contribution < 1.29 is 32.9 Å². The monoisotopic (exact) mass is 532 g/mol. The number of alkyl halides is 3. The van der Waals surface area contributed by atoms with Crippen molar-refractivity contribution in [2.24, 2.45) is 5.73 Å². The molecule has 1 saturated heterocycles. The number of ether oxygens (including phenoxy) is 1. The Kier molecular flexibility index (Phi) is 8.09. The number of carboxylic acid groups (broad SMARTS) is 1. The van der Waals surface area contributed by atoms with Gasteiger partial charge >= 0.3 is 6.18 Å². The Morgan fingerprint density at radius 1 is 1.21 bits per heavy atom. The standard InChI is InChI=1S/C24H25F3N6O2.CH2O2/c1-14(34)13-35-19-4-2-3-15-5-7-18(29-21(15)19)23-31-30-20-8-6-16(11-33(20)23)22(24(25,26)27)32-10-9-17(28)12-32;2-1-3/h2-8,11,14,17,22,34H,9-10,12-13,28H2,1H3;1H,(H,2,3)/t14-,17+,22-;/m1./s1. The van der Waals surface area contributed by atoms with Gasteiger partial charge in [0.1, 0.15) is 29.6 Å². The minimum Gasteiger partial charge on any atom is -0.489 e. The summed E-state index contributed by atoms with van der Waals surface area (Å²) in [6.45, 7) is 1.92. The van der Waals surface area contributed by atoms with Gasteiger partial charge in [-0.1, -0.05) is 24.3 Å².